The van der Waals surface area contributed by atoms with Gasteiger partial charge in [-0.05, 0) is 31.4 Å². The monoisotopic (exact) mass is 501 g/mol. The van der Waals surface area contributed by atoms with Crippen LogP contribution in [0.15, 0.2) is 11.6 Å². The normalized spacial score (nSPS) is 8.56. The van der Waals surface area contributed by atoms with Gasteiger partial charge in [-0.3, -0.25) is 24.0 Å². The minimum Gasteiger partial charge on any atom is -0.393 e. The fourth-order valence-corrected chi connectivity index (χ4v) is 1.08. The molecule has 9 nitrogen and oxygen atoms in total. The molecule has 0 saturated carbocycles. The molecule has 0 spiro atoms. The van der Waals surface area contributed by atoms with Gasteiger partial charge in [-0.1, -0.05) is 37.3 Å². The number of rotatable bonds is 5. The van der Waals surface area contributed by atoms with Crippen LogP contribution < -0.4 is 16.4 Å². The molecule has 0 saturated heterocycles. The summed E-state index contributed by atoms with van der Waals surface area (Å²) >= 11 is 4.64. The number of terminal acetylenes is 2. The first-order valence-electron chi connectivity index (χ1n) is 10.2. The summed E-state index contributed by atoms with van der Waals surface area (Å²) < 4.78 is 4.28. The molecule has 0 heterocycles. The quantitative estimate of drug-likeness (QED) is 0.172. The lowest BCUT2D eigenvalue weighted by atomic mass is 10.1. The minimum atomic E-state index is -0.536. The Hall–Kier alpha value is -3.14. The second kappa shape index (κ2) is 32.0. The second-order valence-corrected chi connectivity index (χ2v) is 7.13. The molecule has 0 aliphatic heterocycles. The Morgan fingerprint density at radius 1 is 0.971 bits per heavy atom. The zero-order valence-electron chi connectivity index (χ0n) is 21.5. The SMILES string of the molecule is C#CCN.C#CCNC(C)=O.C/C=C(\C)CNC(C)=O.CC(=O)Cl.CC(=O)OC(=O)CC(C)C. The Labute approximate surface area is 209 Å². The lowest BCUT2D eigenvalue weighted by molar-refractivity contribution is -0.158. The molecule has 0 aromatic carbocycles. The van der Waals surface area contributed by atoms with Crippen LogP contribution in [0.1, 0.15) is 61.8 Å². The zero-order valence-corrected chi connectivity index (χ0v) is 22.3. The Bertz CT molecular complexity index is 700. The highest BCUT2D eigenvalue weighted by atomic mass is 35.5. The van der Waals surface area contributed by atoms with E-state index in [1.54, 1.807) is 0 Å². The van der Waals surface area contributed by atoms with Gasteiger partial charge in [0.25, 0.3) is 0 Å². The van der Waals surface area contributed by atoms with Crippen LogP contribution in [0.2, 0.25) is 0 Å². The third kappa shape index (κ3) is 78.8. The van der Waals surface area contributed by atoms with Gasteiger partial charge in [-0.15, -0.1) is 12.8 Å². The predicted octanol–water partition coefficient (Wildman–Crippen LogP) is 2.32. The summed E-state index contributed by atoms with van der Waals surface area (Å²) in [6.45, 7) is 14.5. The fraction of sp³-hybridized carbons (Fsp3) is 0.542. The first kappa shape index (κ1) is 41.1. The summed E-state index contributed by atoms with van der Waals surface area (Å²) in [6, 6.07) is 0. The van der Waals surface area contributed by atoms with E-state index in [0.717, 1.165) is 0 Å². The van der Waals surface area contributed by atoms with Crippen LogP contribution >= 0.6 is 11.6 Å². The van der Waals surface area contributed by atoms with Gasteiger partial charge in [0.05, 0.1) is 13.1 Å². The summed E-state index contributed by atoms with van der Waals surface area (Å²) in [7, 11) is 0. The smallest absolute Gasteiger partial charge is 0.313 e. The average molecular weight is 502 g/mol. The highest BCUT2D eigenvalue weighted by Gasteiger charge is 2.07. The van der Waals surface area contributed by atoms with Crippen molar-refractivity contribution in [2.45, 2.75) is 61.8 Å². The molecule has 0 radical (unpaired) electrons. The lowest BCUT2D eigenvalue weighted by Crippen LogP contribution is -2.21. The summed E-state index contributed by atoms with van der Waals surface area (Å²) in [5, 5.41) is 4.75. The molecular weight excluding hydrogens is 462 g/mol. The van der Waals surface area contributed by atoms with E-state index in [1.807, 2.05) is 33.8 Å². The van der Waals surface area contributed by atoms with E-state index in [4.69, 9.17) is 12.2 Å². The minimum absolute atomic E-state index is 0.0243. The first-order chi connectivity index (χ1) is 15.6. The molecule has 10 heteroatoms. The molecule has 0 atom stereocenters. The average Bonchev–Trinajstić information content (AvgIpc) is 2.69. The van der Waals surface area contributed by atoms with Crippen molar-refractivity contribution in [2.24, 2.45) is 11.7 Å². The number of ether oxygens (including phenoxy) is 1. The van der Waals surface area contributed by atoms with E-state index in [9.17, 15) is 24.0 Å². The third-order valence-electron chi connectivity index (χ3n) is 2.50. The highest BCUT2D eigenvalue weighted by Crippen LogP contribution is 2.00. The van der Waals surface area contributed by atoms with Crippen LogP contribution in [-0.4, -0.2) is 48.6 Å². The van der Waals surface area contributed by atoms with E-state index in [1.165, 1.54) is 33.3 Å². The molecule has 0 aliphatic rings. The number of carbonyl (C=O) groups excluding carboxylic acids is 5. The van der Waals surface area contributed by atoms with Crippen LogP contribution in [0, 0.1) is 30.6 Å². The molecule has 2 amide bonds. The largest absolute Gasteiger partial charge is 0.393 e. The summed E-state index contributed by atoms with van der Waals surface area (Å²) in [5.74, 6) is 3.68. The maximum atomic E-state index is 10.6. The first-order valence-corrected chi connectivity index (χ1v) is 10.5. The van der Waals surface area contributed by atoms with Crippen LogP contribution in [0.4, 0.5) is 0 Å². The molecule has 0 bridgehead atoms. The molecular formula is C24H40ClN3O6. The Morgan fingerprint density at radius 3 is 1.59 bits per heavy atom. The summed E-state index contributed by atoms with van der Waals surface area (Å²) in [6.07, 6.45) is 11.8. The molecule has 0 aromatic heterocycles. The number of amides is 2. The van der Waals surface area contributed by atoms with Crippen molar-refractivity contribution in [2.75, 3.05) is 19.6 Å². The number of carbonyl (C=O) groups is 5. The Kier molecular flexibility index (Phi) is 38.8. The maximum Gasteiger partial charge on any atom is 0.313 e. The lowest BCUT2D eigenvalue weighted by Gasteiger charge is -2.01. The number of nitrogens with two attached hydrogens (primary N) is 1. The standard InChI is InChI=1S/C7H13NO.C7H12O3.C5H7NO.C3H5N.C2H3ClO/c1-4-6(2)5-8-7(3)9;1-5(2)4-7(9)10-6(3)8;1-3-4-6-5(2)7;1-2-3-4;1-2(3)4/h4H,5H2,1-3H3,(H,8,9);5H,4H2,1-3H3;1H,4H2,2H3,(H,6,7);1H,3-4H2;1H3/b6-4+;;;;. The Morgan fingerprint density at radius 2 is 1.38 bits per heavy atom. The van der Waals surface area contributed by atoms with Crippen LogP contribution in [-0.2, 0) is 28.7 Å². The van der Waals surface area contributed by atoms with Crippen molar-refractivity contribution in [3.63, 3.8) is 0 Å². The van der Waals surface area contributed by atoms with Crippen molar-refractivity contribution in [1.29, 1.82) is 0 Å². The molecule has 0 rings (SSSR count). The van der Waals surface area contributed by atoms with Gasteiger partial charge < -0.3 is 21.1 Å². The molecule has 0 fully saturated rings. The van der Waals surface area contributed by atoms with Crippen molar-refractivity contribution < 1.29 is 28.7 Å². The number of nitrogens with one attached hydrogen (secondary N) is 2. The Balaban J connectivity index is -0.000000108. The van der Waals surface area contributed by atoms with Gasteiger partial charge in [0, 0.05) is 40.7 Å². The summed E-state index contributed by atoms with van der Waals surface area (Å²) in [4.78, 5) is 50.3. The van der Waals surface area contributed by atoms with Crippen LogP contribution in [0.5, 0.6) is 0 Å². The van der Waals surface area contributed by atoms with Crippen molar-refractivity contribution >= 4 is 40.6 Å². The number of hydrogen-bond acceptors (Lipinski definition) is 7. The number of allylic oxidation sites excluding steroid dienone is 1. The molecule has 194 valence electrons. The third-order valence-corrected chi connectivity index (χ3v) is 2.50. The maximum absolute atomic E-state index is 10.6. The van der Waals surface area contributed by atoms with Gasteiger partial charge in [-0.25, -0.2) is 0 Å². The predicted molar refractivity (Wildman–Crippen MR) is 136 cm³/mol. The second-order valence-electron chi connectivity index (χ2n) is 6.60. The fourth-order valence-electron chi connectivity index (χ4n) is 1.08. The van der Waals surface area contributed by atoms with Gasteiger partial charge in [0.2, 0.25) is 17.1 Å². The summed E-state index contributed by atoms with van der Waals surface area (Å²) in [5.41, 5.74) is 5.98. The van der Waals surface area contributed by atoms with E-state index in [0.29, 0.717) is 26.1 Å². The molecule has 0 unspecified atom stereocenters. The van der Waals surface area contributed by atoms with Gasteiger partial charge in [-0.2, -0.15) is 0 Å². The van der Waals surface area contributed by atoms with E-state index >= 15 is 0 Å². The highest BCUT2D eigenvalue weighted by molar-refractivity contribution is 6.62. The number of hydrogen-bond donors (Lipinski definition) is 3. The van der Waals surface area contributed by atoms with Crippen molar-refractivity contribution in [3.05, 3.63) is 11.6 Å². The van der Waals surface area contributed by atoms with Crippen molar-refractivity contribution in [1.82, 2.24) is 10.6 Å². The van der Waals surface area contributed by atoms with Gasteiger partial charge in [0.15, 0.2) is 0 Å². The topological polar surface area (TPSA) is 145 Å². The molecule has 0 aromatic rings. The molecule has 4 N–H and O–H groups in total. The van der Waals surface area contributed by atoms with Gasteiger partial charge >= 0.3 is 11.9 Å². The molecule has 34 heavy (non-hydrogen) atoms. The van der Waals surface area contributed by atoms with Crippen molar-refractivity contribution in [3.8, 4) is 24.7 Å². The van der Waals surface area contributed by atoms with Crippen LogP contribution in [0.25, 0.3) is 0 Å². The van der Waals surface area contributed by atoms with E-state index in [2.05, 4.69) is 45.2 Å². The number of esters is 2. The van der Waals surface area contributed by atoms with E-state index < -0.39 is 11.9 Å². The number of halogens is 1. The zero-order chi connectivity index (χ0) is 28.1. The van der Waals surface area contributed by atoms with Gasteiger partial charge in [0.1, 0.15) is 0 Å². The van der Waals surface area contributed by atoms with E-state index in [-0.39, 0.29) is 23.0 Å². The van der Waals surface area contributed by atoms with Crippen LogP contribution in [0.3, 0.4) is 0 Å². The molecule has 0 aliphatic carbocycles.